The van der Waals surface area contributed by atoms with Crippen LogP contribution < -0.4 is 10.6 Å². The Labute approximate surface area is 204 Å². The Bertz CT molecular complexity index is 1030. The number of amides is 2. The summed E-state index contributed by atoms with van der Waals surface area (Å²) in [5.41, 5.74) is 3.72. The number of hydrogen-bond acceptors (Lipinski definition) is 5. The molecule has 8 nitrogen and oxygen atoms in total. The van der Waals surface area contributed by atoms with Gasteiger partial charge in [0, 0.05) is 12.5 Å². The zero-order valence-electron chi connectivity index (χ0n) is 19.7. The summed E-state index contributed by atoms with van der Waals surface area (Å²) < 4.78 is 5.45. The van der Waals surface area contributed by atoms with Gasteiger partial charge in [0.15, 0.2) is 0 Å². The fourth-order valence-electron chi connectivity index (χ4n) is 5.35. The van der Waals surface area contributed by atoms with Gasteiger partial charge in [0.25, 0.3) is 0 Å². The van der Waals surface area contributed by atoms with Gasteiger partial charge < -0.3 is 25.6 Å². The van der Waals surface area contributed by atoms with Gasteiger partial charge in [-0.2, -0.15) is 0 Å². The van der Waals surface area contributed by atoms with E-state index in [1.807, 2.05) is 36.4 Å². The van der Waals surface area contributed by atoms with Crippen molar-refractivity contribution in [2.24, 2.45) is 0 Å². The summed E-state index contributed by atoms with van der Waals surface area (Å²) in [5, 5.41) is 24.9. The molecule has 186 valence electrons. The SMILES string of the molecule is O=C(O)CC1(NC(=O)CC(O)CNC(=O)OCC2c3ccccc3-c3ccccc32)CCCCC1. The van der Waals surface area contributed by atoms with Crippen molar-refractivity contribution in [3.63, 3.8) is 0 Å². The number of fused-ring (bicyclic) bond motifs is 3. The lowest BCUT2D eigenvalue weighted by Crippen LogP contribution is -2.52. The number of hydrogen-bond donors (Lipinski definition) is 4. The van der Waals surface area contributed by atoms with Crippen LogP contribution in [0.1, 0.15) is 62.0 Å². The zero-order chi connectivity index (χ0) is 24.8. The molecule has 0 radical (unpaired) electrons. The minimum Gasteiger partial charge on any atom is -0.481 e. The van der Waals surface area contributed by atoms with Gasteiger partial charge in [-0.05, 0) is 35.1 Å². The van der Waals surface area contributed by atoms with E-state index in [1.165, 1.54) is 0 Å². The van der Waals surface area contributed by atoms with Gasteiger partial charge in [0.05, 0.1) is 24.5 Å². The van der Waals surface area contributed by atoms with Gasteiger partial charge in [0.2, 0.25) is 5.91 Å². The smallest absolute Gasteiger partial charge is 0.407 e. The average Bonchev–Trinajstić information content (AvgIpc) is 3.15. The molecular weight excluding hydrogens is 448 g/mol. The van der Waals surface area contributed by atoms with Crippen LogP contribution in [0.15, 0.2) is 48.5 Å². The number of carboxylic acids is 1. The molecule has 4 rings (SSSR count). The number of aliphatic hydroxyl groups is 1. The topological polar surface area (TPSA) is 125 Å². The Morgan fingerprint density at radius 1 is 0.971 bits per heavy atom. The van der Waals surface area contributed by atoms with E-state index in [1.54, 1.807) is 0 Å². The van der Waals surface area contributed by atoms with Crippen LogP contribution >= 0.6 is 0 Å². The lowest BCUT2D eigenvalue weighted by molar-refractivity contribution is -0.139. The number of carboxylic acid groups (broad SMARTS) is 1. The number of ether oxygens (including phenoxy) is 1. The highest BCUT2D eigenvalue weighted by atomic mass is 16.5. The highest BCUT2D eigenvalue weighted by Crippen LogP contribution is 2.44. The Morgan fingerprint density at radius 3 is 2.17 bits per heavy atom. The number of carbonyl (C=O) groups excluding carboxylic acids is 2. The summed E-state index contributed by atoms with van der Waals surface area (Å²) in [5.74, 6) is -1.44. The number of nitrogens with one attached hydrogen (secondary N) is 2. The van der Waals surface area contributed by atoms with Crippen LogP contribution in [0.5, 0.6) is 0 Å². The van der Waals surface area contributed by atoms with E-state index < -0.39 is 29.6 Å². The van der Waals surface area contributed by atoms with E-state index in [0.717, 1.165) is 41.5 Å². The van der Waals surface area contributed by atoms with E-state index in [2.05, 4.69) is 22.8 Å². The second kappa shape index (κ2) is 10.9. The second-order valence-electron chi connectivity index (χ2n) is 9.52. The molecule has 35 heavy (non-hydrogen) atoms. The molecule has 2 aliphatic rings. The van der Waals surface area contributed by atoms with E-state index >= 15 is 0 Å². The molecule has 4 N–H and O–H groups in total. The Balaban J connectivity index is 1.25. The Morgan fingerprint density at radius 2 is 1.57 bits per heavy atom. The summed E-state index contributed by atoms with van der Waals surface area (Å²) in [6, 6.07) is 16.1. The normalized spacial score (nSPS) is 17.1. The van der Waals surface area contributed by atoms with Crippen molar-refractivity contribution in [3.05, 3.63) is 59.7 Å². The molecule has 0 aliphatic heterocycles. The zero-order valence-corrected chi connectivity index (χ0v) is 19.7. The van der Waals surface area contributed by atoms with Crippen LogP contribution in [0.2, 0.25) is 0 Å². The lowest BCUT2D eigenvalue weighted by Gasteiger charge is -2.37. The summed E-state index contributed by atoms with van der Waals surface area (Å²) in [7, 11) is 0. The van der Waals surface area contributed by atoms with E-state index in [0.29, 0.717) is 12.8 Å². The molecule has 0 heterocycles. The maximum absolute atomic E-state index is 12.5. The first-order chi connectivity index (χ1) is 16.9. The number of benzene rings is 2. The first-order valence-electron chi connectivity index (χ1n) is 12.2. The molecule has 2 aromatic carbocycles. The first-order valence-corrected chi connectivity index (χ1v) is 12.2. The standard InChI is InChI=1S/C27H32N2O6/c30-18(14-24(31)29-27(15-25(32)33)12-6-1-7-13-27)16-28-26(34)35-17-23-21-10-4-2-8-19(21)20-9-3-5-11-22(20)23/h2-5,8-11,18,23,30H,1,6-7,12-17H2,(H,28,34)(H,29,31)(H,32,33). The van der Waals surface area contributed by atoms with Crippen LogP contribution in [0.3, 0.4) is 0 Å². The third-order valence-electron chi connectivity index (χ3n) is 6.95. The number of aliphatic carboxylic acids is 1. The average molecular weight is 481 g/mol. The van der Waals surface area contributed by atoms with Crippen molar-refractivity contribution in [2.75, 3.05) is 13.2 Å². The molecule has 1 saturated carbocycles. The van der Waals surface area contributed by atoms with Crippen molar-refractivity contribution in [3.8, 4) is 11.1 Å². The summed E-state index contributed by atoms with van der Waals surface area (Å²) in [6.45, 7) is 0.0180. The Hall–Kier alpha value is -3.39. The van der Waals surface area contributed by atoms with Gasteiger partial charge in [-0.1, -0.05) is 67.8 Å². The van der Waals surface area contributed by atoms with Crippen molar-refractivity contribution in [2.45, 2.75) is 62.5 Å². The van der Waals surface area contributed by atoms with Crippen LogP contribution in [-0.4, -0.2) is 53.0 Å². The molecule has 8 heteroatoms. The first kappa shape index (κ1) is 24.7. The fourth-order valence-corrected chi connectivity index (χ4v) is 5.35. The molecule has 0 bridgehead atoms. The van der Waals surface area contributed by atoms with Gasteiger partial charge in [-0.3, -0.25) is 9.59 Å². The third-order valence-corrected chi connectivity index (χ3v) is 6.95. The van der Waals surface area contributed by atoms with Gasteiger partial charge in [0.1, 0.15) is 6.61 Å². The Kier molecular flexibility index (Phi) is 7.70. The van der Waals surface area contributed by atoms with E-state index in [4.69, 9.17) is 4.74 Å². The molecule has 2 aliphatic carbocycles. The second-order valence-corrected chi connectivity index (χ2v) is 9.52. The van der Waals surface area contributed by atoms with Crippen molar-refractivity contribution in [1.29, 1.82) is 0 Å². The highest BCUT2D eigenvalue weighted by molar-refractivity contribution is 5.80. The number of carbonyl (C=O) groups is 3. The van der Waals surface area contributed by atoms with Crippen LogP contribution in [0.25, 0.3) is 11.1 Å². The lowest BCUT2D eigenvalue weighted by atomic mass is 9.79. The van der Waals surface area contributed by atoms with Crippen molar-refractivity contribution in [1.82, 2.24) is 10.6 Å². The van der Waals surface area contributed by atoms with Crippen LogP contribution in [-0.2, 0) is 14.3 Å². The summed E-state index contributed by atoms with van der Waals surface area (Å²) in [4.78, 5) is 36.1. The third kappa shape index (κ3) is 6.00. The van der Waals surface area contributed by atoms with Crippen LogP contribution in [0.4, 0.5) is 4.79 Å². The maximum atomic E-state index is 12.5. The number of alkyl carbamates (subject to hydrolysis) is 1. The molecule has 1 fully saturated rings. The predicted octanol–water partition coefficient (Wildman–Crippen LogP) is 3.57. The summed E-state index contributed by atoms with van der Waals surface area (Å²) >= 11 is 0. The van der Waals surface area contributed by atoms with Gasteiger partial charge in [-0.15, -0.1) is 0 Å². The molecule has 2 amide bonds. The van der Waals surface area contributed by atoms with Crippen molar-refractivity contribution >= 4 is 18.0 Å². The highest BCUT2D eigenvalue weighted by Gasteiger charge is 2.36. The van der Waals surface area contributed by atoms with Gasteiger partial charge >= 0.3 is 12.1 Å². The molecule has 2 aromatic rings. The molecule has 1 unspecified atom stereocenters. The monoisotopic (exact) mass is 480 g/mol. The van der Waals surface area contributed by atoms with Crippen molar-refractivity contribution < 1.29 is 29.3 Å². The number of aliphatic hydroxyl groups excluding tert-OH is 1. The minimum atomic E-state index is -1.11. The van der Waals surface area contributed by atoms with Crippen LogP contribution in [0, 0.1) is 0 Å². The maximum Gasteiger partial charge on any atom is 0.407 e. The summed E-state index contributed by atoms with van der Waals surface area (Å²) in [6.07, 6.45) is 1.82. The minimum absolute atomic E-state index is 0.0650. The number of rotatable bonds is 9. The molecule has 0 saturated heterocycles. The predicted molar refractivity (Wildman–Crippen MR) is 130 cm³/mol. The molecule has 0 aromatic heterocycles. The van der Waals surface area contributed by atoms with E-state index in [9.17, 15) is 24.6 Å². The van der Waals surface area contributed by atoms with Gasteiger partial charge in [-0.25, -0.2) is 4.79 Å². The quantitative estimate of drug-likeness (QED) is 0.435. The van der Waals surface area contributed by atoms with E-state index in [-0.39, 0.29) is 31.9 Å². The largest absolute Gasteiger partial charge is 0.481 e. The molecule has 1 atom stereocenters. The molecule has 0 spiro atoms. The molecular formula is C27H32N2O6. The fraction of sp³-hybridized carbons (Fsp3) is 0.444.